The first-order valence-electron chi connectivity index (χ1n) is 7.02. The van der Waals surface area contributed by atoms with Crippen molar-refractivity contribution in [2.75, 3.05) is 24.5 Å². The third kappa shape index (κ3) is 2.01. The normalized spacial score (nSPS) is 26.7. The van der Waals surface area contributed by atoms with Crippen molar-refractivity contribution in [3.63, 3.8) is 0 Å². The Bertz CT molecular complexity index is 421. The Balaban J connectivity index is 1.86. The largest absolute Gasteiger partial charge is 0.371 e. The lowest BCUT2D eigenvalue weighted by atomic mass is 10.0. The molecule has 0 bridgehead atoms. The molecule has 0 spiro atoms. The van der Waals surface area contributed by atoms with Crippen molar-refractivity contribution in [1.82, 2.24) is 0 Å². The zero-order valence-electron chi connectivity index (χ0n) is 10.7. The second-order valence-corrected chi connectivity index (χ2v) is 5.63. The van der Waals surface area contributed by atoms with E-state index >= 15 is 0 Å². The summed E-state index contributed by atoms with van der Waals surface area (Å²) in [6.07, 6.45) is 4.71. The fourth-order valence-electron chi connectivity index (χ4n) is 3.67. The van der Waals surface area contributed by atoms with Crippen LogP contribution in [0.1, 0.15) is 24.8 Å². The van der Waals surface area contributed by atoms with Crippen LogP contribution in [0.4, 0.5) is 10.1 Å². The van der Waals surface area contributed by atoms with Crippen molar-refractivity contribution in [3.8, 4) is 0 Å². The van der Waals surface area contributed by atoms with Crippen LogP contribution in [-0.2, 0) is 6.42 Å². The standard InChI is InChI=1S/C15H21FN2/c16-14-5-2-6-15(13(14)7-8-17)18-9-11-3-1-4-12(11)10-18/h2,5-6,11-12H,1,3-4,7-10,17H2. The van der Waals surface area contributed by atoms with Gasteiger partial charge in [0.2, 0.25) is 0 Å². The van der Waals surface area contributed by atoms with Gasteiger partial charge in [0.25, 0.3) is 0 Å². The number of nitrogens with two attached hydrogens (primary N) is 1. The molecule has 2 nitrogen and oxygen atoms in total. The summed E-state index contributed by atoms with van der Waals surface area (Å²) in [4.78, 5) is 2.38. The number of halogens is 1. The Morgan fingerprint density at radius 2 is 1.94 bits per heavy atom. The molecule has 0 amide bonds. The van der Waals surface area contributed by atoms with E-state index in [0.29, 0.717) is 13.0 Å². The van der Waals surface area contributed by atoms with Gasteiger partial charge in [0, 0.05) is 24.3 Å². The molecule has 18 heavy (non-hydrogen) atoms. The molecular weight excluding hydrogens is 227 g/mol. The van der Waals surface area contributed by atoms with E-state index in [-0.39, 0.29) is 5.82 Å². The van der Waals surface area contributed by atoms with Gasteiger partial charge in [-0.2, -0.15) is 0 Å². The van der Waals surface area contributed by atoms with E-state index in [0.717, 1.165) is 36.2 Å². The summed E-state index contributed by atoms with van der Waals surface area (Å²) >= 11 is 0. The fraction of sp³-hybridized carbons (Fsp3) is 0.600. The lowest BCUT2D eigenvalue weighted by Crippen LogP contribution is -2.23. The minimum atomic E-state index is -0.102. The summed E-state index contributed by atoms with van der Waals surface area (Å²) in [5, 5.41) is 0. The van der Waals surface area contributed by atoms with Gasteiger partial charge in [0.15, 0.2) is 0 Å². The van der Waals surface area contributed by atoms with E-state index in [1.165, 1.54) is 19.3 Å². The van der Waals surface area contributed by atoms with Gasteiger partial charge in [-0.25, -0.2) is 4.39 Å². The van der Waals surface area contributed by atoms with E-state index in [4.69, 9.17) is 5.73 Å². The molecular formula is C15H21FN2. The van der Waals surface area contributed by atoms with Gasteiger partial charge in [0.05, 0.1) is 0 Å². The highest BCUT2D eigenvalue weighted by Crippen LogP contribution is 2.40. The second-order valence-electron chi connectivity index (χ2n) is 5.63. The Morgan fingerprint density at radius 1 is 1.22 bits per heavy atom. The van der Waals surface area contributed by atoms with E-state index in [9.17, 15) is 4.39 Å². The molecule has 3 rings (SSSR count). The summed E-state index contributed by atoms with van der Waals surface area (Å²) < 4.78 is 13.9. The molecule has 0 aromatic heterocycles. The van der Waals surface area contributed by atoms with Crippen molar-refractivity contribution < 1.29 is 4.39 Å². The van der Waals surface area contributed by atoms with Gasteiger partial charge >= 0.3 is 0 Å². The summed E-state index contributed by atoms with van der Waals surface area (Å²) in [6, 6.07) is 5.42. The van der Waals surface area contributed by atoms with Crippen LogP contribution >= 0.6 is 0 Å². The third-order valence-corrected chi connectivity index (χ3v) is 4.56. The van der Waals surface area contributed by atoms with E-state index in [2.05, 4.69) is 11.0 Å². The van der Waals surface area contributed by atoms with E-state index in [1.807, 2.05) is 6.07 Å². The average Bonchev–Trinajstić information content (AvgIpc) is 2.92. The predicted octanol–water partition coefficient (Wildman–Crippen LogP) is 2.56. The molecule has 1 aliphatic heterocycles. The molecule has 2 unspecified atom stereocenters. The molecule has 98 valence electrons. The first-order valence-corrected chi connectivity index (χ1v) is 7.02. The van der Waals surface area contributed by atoms with E-state index in [1.54, 1.807) is 6.07 Å². The smallest absolute Gasteiger partial charge is 0.128 e. The van der Waals surface area contributed by atoms with Crippen LogP contribution in [0, 0.1) is 17.7 Å². The number of nitrogens with zero attached hydrogens (tertiary/aromatic N) is 1. The molecule has 3 heteroatoms. The van der Waals surface area contributed by atoms with Gasteiger partial charge in [-0.15, -0.1) is 0 Å². The highest BCUT2D eigenvalue weighted by Gasteiger charge is 2.36. The van der Waals surface area contributed by atoms with Crippen LogP contribution in [0.25, 0.3) is 0 Å². The quantitative estimate of drug-likeness (QED) is 0.890. The van der Waals surface area contributed by atoms with Gasteiger partial charge in [-0.05, 0) is 49.8 Å². The summed E-state index contributed by atoms with van der Waals surface area (Å²) in [6.45, 7) is 2.71. The summed E-state index contributed by atoms with van der Waals surface area (Å²) in [7, 11) is 0. The molecule has 1 saturated carbocycles. The molecule has 2 N–H and O–H groups in total. The lowest BCUT2D eigenvalue weighted by molar-refractivity contribution is 0.494. The highest BCUT2D eigenvalue weighted by molar-refractivity contribution is 5.55. The lowest BCUT2D eigenvalue weighted by Gasteiger charge is -2.23. The number of hydrogen-bond donors (Lipinski definition) is 1. The second kappa shape index (κ2) is 4.88. The minimum absolute atomic E-state index is 0.102. The predicted molar refractivity (Wildman–Crippen MR) is 72.2 cm³/mol. The number of anilines is 1. The molecule has 2 atom stereocenters. The maximum atomic E-state index is 13.9. The van der Waals surface area contributed by atoms with Crippen LogP contribution < -0.4 is 10.6 Å². The summed E-state index contributed by atoms with van der Waals surface area (Å²) in [5.74, 6) is 1.56. The van der Waals surface area contributed by atoms with Gasteiger partial charge in [-0.3, -0.25) is 0 Å². The monoisotopic (exact) mass is 248 g/mol. The maximum Gasteiger partial charge on any atom is 0.128 e. The van der Waals surface area contributed by atoms with Crippen molar-refractivity contribution in [1.29, 1.82) is 0 Å². The third-order valence-electron chi connectivity index (χ3n) is 4.56. The highest BCUT2D eigenvalue weighted by atomic mass is 19.1. The first kappa shape index (κ1) is 12.0. The van der Waals surface area contributed by atoms with Crippen molar-refractivity contribution in [3.05, 3.63) is 29.6 Å². The van der Waals surface area contributed by atoms with Crippen LogP contribution in [0.3, 0.4) is 0 Å². The summed E-state index contributed by atoms with van der Waals surface area (Å²) in [5.41, 5.74) is 7.49. The molecule has 2 fully saturated rings. The Morgan fingerprint density at radius 3 is 2.61 bits per heavy atom. The zero-order chi connectivity index (χ0) is 12.5. The number of rotatable bonds is 3. The SMILES string of the molecule is NCCc1c(F)cccc1N1CC2CCCC2C1. The van der Waals surface area contributed by atoms with E-state index < -0.39 is 0 Å². The van der Waals surface area contributed by atoms with Crippen LogP contribution in [0.5, 0.6) is 0 Å². The van der Waals surface area contributed by atoms with Gasteiger partial charge < -0.3 is 10.6 Å². The molecule has 1 heterocycles. The zero-order valence-corrected chi connectivity index (χ0v) is 10.7. The molecule has 1 aliphatic carbocycles. The number of benzene rings is 1. The van der Waals surface area contributed by atoms with Gasteiger partial charge in [0.1, 0.15) is 5.82 Å². The Kier molecular flexibility index (Phi) is 3.25. The fourth-order valence-corrected chi connectivity index (χ4v) is 3.67. The molecule has 1 aromatic carbocycles. The molecule has 1 saturated heterocycles. The van der Waals surface area contributed by atoms with Gasteiger partial charge in [-0.1, -0.05) is 12.5 Å². The van der Waals surface area contributed by atoms with Crippen molar-refractivity contribution in [2.24, 2.45) is 17.6 Å². The van der Waals surface area contributed by atoms with Crippen molar-refractivity contribution >= 4 is 5.69 Å². The Labute approximate surface area is 108 Å². The molecule has 1 aromatic rings. The minimum Gasteiger partial charge on any atom is -0.371 e. The van der Waals surface area contributed by atoms with Crippen LogP contribution in [0.2, 0.25) is 0 Å². The number of fused-ring (bicyclic) bond motifs is 1. The molecule has 2 aliphatic rings. The number of hydrogen-bond acceptors (Lipinski definition) is 2. The molecule has 0 radical (unpaired) electrons. The Hall–Kier alpha value is -1.09. The van der Waals surface area contributed by atoms with Crippen molar-refractivity contribution in [2.45, 2.75) is 25.7 Å². The van der Waals surface area contributed by atoms with Crippen LogP contribution in [-0.4, -0.2) is 19.6 Å². The first-order chi connectivity index (χ1) is 8.79. The van der Waals surface area contributed by atoms with Crippen LogP contribution in [0.15, 0.2) is 18.2 Å². The topological polar surface area (TPSA) is 29.3 Å². The maximum absolute atomic E-state index is 13.9. The average molecular weight is 248 g/mol.